The van der Waals surface area contributed by atoms with E-state index in [1.807, 2.05) is 49.4 Å². The second-order valence-electron chi connectivity index (χ2n) is 5.75. The molecule has 3 rings (SSSR count). The first-order chi connectivity index (χ1) is 11.5. The first-order valence-electron chi connectivity index (χ1n) is 7.54. The summed E-state index contributed by atoms with van der Waals surface area (Å²) in [5, 5.41) is 9.53. The Hall–Kier alpha value is -2.64. The molecule has 3 aromatic rings. The van der Waals surface area contributed by atoms with Gasteiger partial charge in [0, 0.05) is 15.6 Å². The molecule has 2 N–H and O–H groups in total. The Balaban J connectivity index is 2.24. The smallest absolute Gasteiger partial charge is 0.142 e. The number of halogens is 1. The molecule has 0 aliphatic rings. The normalized spacial score (nSPS) is 10.4. The first kappa shape index (κ1) is 16.2. The van der Waals surface area contributed by atoms with Gasteiger partial charge in [-0.15, -0.1) is 0 Å². The molecule has 2 aromatic carbocycles. The van der Waals surface area contributed by atoms with Crippen LogP contribution in [0.25, 0.3) is 22.4 Å². The van der Waals surface area contributed by atoms with Gasteiger partial charge in [-0.25, -0.2) is 4.98 Å². The molecule has 0 aliphatic carbocycles. The summed E-state index contributed by atoms with van der Waals surface area (Å²) in [4.78, 5) is 4.42. The SMILES string of the molecule is Cc1ccc(-c2cc(-c3ccc(Br)cc3)nc(N)c2C#N)c(C)c1. The molecule has 0 amide bonds. The second kappa shape index (κ2) is 6.46. The highest BCUT2D eigenvalue weighted by Crippen LogP contribution is 2.33. The van der Waals surface area contributed by atoms with Gasteiger partial charge in [-0.2, -0.15) is 5.26 Å². The molecule has 118 valence electrons. The van der Waals surface area contributed by atoms with Gasteiger partial charge < -0.3 is 5.73 Å². The summed E-state index contributed by atoms with van der Waals surface area (Å²) in [6.07, 6.45) is 0. The van der Waals surface area contributed by atoms with Crippen molar-refractivity contribution in [3.8, 4) is 28.5 Å². The van der Waals surface area contributed by atoms with Crippen LogP contribution in [-0.2, 0) is 0 Å². The van der Waals surface area contributed by atoms with E-state index in [9.17, 15) is 5.26 Å². The summed E-state index contributed by atoms with van der Waals surface area (Å²) in [6, 6.07) is 18.2. The van der Waals surface area contributed by atoms with E-state index in [0.717, 1.165) is 32.4 Å². The van der Waals surface area contributed by atoms with Crippen molar-refractivity contribution in [2.75, 3.05) is 5.73 Å². The van der Waals surface area contributed by atoms with Gasteiger partial charge in [0.15, 0.2) is 0 Å². The molecular weight excluding hydrogens is 362 g/mol. The third kappa shape index (κ3) is 3.04. The minimum atomic E-state index is 0.257. The summed E-state index contributed by atoms with van der Waals surface area (Å²) in [7, 11) is 0. The Labute approximate surface area is 149 Å². The highest BCUT2D eigenvalue weighted by molar-refractivity contribution is 9.10. The maximum Gasteiger partial charge on any atom is 0.142 e. The minimum Gasteiger partial charge on any atom is -0.383 e. The third-order valence-electron chi connectivity index (χ3n) is 3.97. The van der Waals surface area contributed by atoms with Gasteiger partial charge in [0.1, 0.15) is 17.5 Å². The fourth-order valence-corrected chi connectivity index (χ4v) is 3.04. The highest BCUT2D eigenvalue weighted by atomic mass is 79.9. The lowest BCUT2D eigenvalue weighted by Crippen LogP contribution is -2.00. The van der Waals surface area contributed by atoms with Gasteiger partial charge in [0.25, 0.3) is 0 Å². The first-order valence-corrected chi connectivity index (χ1v) is 8.33. The summed E-state index contributed by atoms with van der Waals surface area (Å²) >= 11 is 3.43. The van der Waals surface area contributed by atoms with E-state index in [1.54, 1.807) is 0 Å². The number of aryl methyl sites for hydroxylation is 2. The fraction of sp³-hybridized carbons (Fsp3) is 0.100. The topological polar surface area (TPSA) is 62.7 Å². The molecule has 3 nitrogen and oxygen atoms in total. The van der Waals surface area contributed by atoms with Crippen LogP contribution in [0.4, 0.5) is 5.82 Å². The molecule has 4 heteroatoms. The Morgan fingerprint density at radius 3 is 2.33 bits per heavy atom. The molecule has 0 unspecified atom stereocenters. The van der Waals surface area contributed by atoms with Gasteiger partial charge in [0.2, 0.25) is 0 Å². The van der Waals surface area contributed by atoms with Crippen LogP contribution < -0.4 is 5.73 Å². The van der Waals surface area contributed by atoms with Crippen molar-refractivity contribution in [2.24, 2.45) is 0 Å². The largest absolute Gasteiger partial charge is 0.383 e. The van der Waals surface area contributed by atoms with Crippen LogP contribution in [0.15, 0.2) is 53.0 Å². The molecular formula is C20H16BrN3. The number of nitrogens with zero attached hydrogens (tertiary/aromatic N) is 2. The number of rotatable bonds is 2. The quantitative estimate of drug-likeness (QED) is 0.663. The lowest BCUT2D eigenvalue weighted by molar-refractivity contribution is 1.30. The number of hydrogen-bond acceptors (Lipinski definition) is 3. The summed E-state index contributed by atoms with van der Waals surface area (Å²) in [6.45, 7) is 4.09. The molecule has 0 bridgehead atoms. The molecule has 1 aromatic heterocycles. The lowest BCUT2D eigenvalue weighted by Gasteiger charge is -2.13. The Bertz CT molecular complexity index is 954. The Morgan fingerprint density at radius 2 is 1.71 bits per heavy atom. The van der Waals surface area contributed by atoms with Gasteiger partial charge in [-0.3, -0.25) is 0 Å². The van der Waals surface area contributed by atoms with Crippen molar-refractivity contribution < 1.29 is 0 Å². The second-order valence-corrected chi connectivity index (χ2v) is 6.67. The van der Waals surface area contributed by atoms with E-state index >= 15 is 0 Å². The van der Waals surface area contributed by atoms with Crippen LogP contribution >= 0.6 is 15.9 Å². The van der Waals surface area contributed by atoms with Crippen molar-refractivity contribution in [3.63, 3.8) is 0 Å². The molecule has 24 heavy (non-hydrogen) atoms. The molecule has 0 spiro atoms. The van der Waals surface area contributed by atoms with Crippen molar-refractivity contribution in [1.29, 1.82) is 5.26 Å². The van der Waals surface area contributed by atoms with Crippen molar-refractivity contribution >= 4 is 21.7 Å². The predicted molar refractivity (Wildman–Crippen MR) is 101 cm³/mol. The fourth-order valence-electron chi connectivity index (χ4n) is 2.78. The molecule has 0 saturated heterocycles. The van der Waals surface area contributed by atoms with Gasteiger partial charge in [0.05, 0.1) is 5.69 Å². The number of nitrogens with two attached hydrogens (primary N) is 1. The number of nitrogen functional groups attached to an aromatic ring is 1. The average Bonchev–Trinajstić information content (AvgIpc) is 2.55. The maximum absolute atomic E-state index is 9.53. The van der Waals surface area contributed by atoms with E-state index in [4.69, 9.17) is 5.73 Å². The maximum atomic E-state index is 9.53. The van der Waals surface area contributed by atoms with E-state index in [2.05, 4.69) is 40.0 Å². The summed E-state index contributed by atoms with van der Waals surface area (Å²) in [5.74, 6) is 0.257. The van der Waals surface area contributed by atoms with E-state index in [-0.39, 0.29) is 5.82 Å². The Kier molecular flexibility index (Phi) is 4.37. The number of nitriles is 1. The van der Waals surface area contributed by atoms with Crippen molar-refractivity contribution in [2.45, 2.75) is 13.8 Å². The van der Waals surface area contributed by atoms with E-state index in [0.29, 0.717) is 5.56 Å². The zero-order valence-electron chi connectivity index (χ0n) is 13.5. The average molecular weight is 378 g/mol. The molecule has 0 fully saturated rings. The monoisotopic (exact) mass is 377 g/mol. The standard InChI is InChI=1S/C20H16BrN3/c1-12-3-8-16(13(2)9-12)17-10-19(24-20(23)18(17)11-22)14-4-6-15(21)7-5-14/h3-10H,1-2H3,(H2,23,24). The van der Waals surface area contributed by atoms with Crippen LogP contribution in [-0.4, -0.2) is 4.98 Å². The molecule has 0 saturated carbocycles. The highest BCUT2D eigenvalue weighted by Gasteiger charge is 2.15. The number of pyridine rings is 1. The van der Waals surface area contributed by atoms with Crippen LogP contribution in [0, 0.1) is 25.2 Å². The van der Waals surface area contributed by atoms with Crippen LogP contribution in [0.5, 0.6) is 0 Å². The molecule has 0 radical (unpaired) electrons. The molecule has 0 atom stereocenters. The van der Waals surface area contributed by atoms with Crippen molar-refractivity contribution in [1.82, 2.24) is 4.98 Å². The predicted octanol–water partition coefficient (Wildman–Crippen LogP) is 5.25. The van der Waals surface area contributed by atoms with Crippen LogP contribution in [0.1, 0.15) is 16.7 Å². The summed E-state index contributed by atoms with van der Waals surface area (Å²) < 4.78 is 1.00. The third-order valence-corrected chi connectivity index (χ3v) is 4.50. The number of hydrogen-bond donors (Lipinski definition) is 1. The summed E-state index contributed by atoms with van der Waals surface area (Å²) in [5.41, 5.74) is 12.3. The number of aromatic nitrogens is 1. The number of anilines is 1. The Morgan fingerprint density at radius 1 is 1.00 bits per heavy atom. The van der Waals surface area contributed by atoms with Crippen LogP contribution in [0.3, 0.4) is 0 Å². The van der Waals surface area contributed by atoms with Gasteiger partial charge >= 0.3 is 0 Å². The zero-order chi connectivity index (χ0) is 17.3. The van der Waals surface area contributed by atoms with Gasteiger partial charge in [-0.1, -0.05) is 51.8 Å². The molecule has 1 heterocycles. The molecule has 0 aliphatic heterocycles. The van der Waals surface area contributed by atoms with Crippen LogP contribution in [0.2, 0.25) is 0 Å². The zero-order valence-corrected chi connectivity index (χ0v) is 15.1. The number of benzene rings is 2. The lowest BCUT2D eigenvalue weighted by atomic mass is 9.94. The van der Waals surface area contributed by atoms with Gasteiger partial charge in [-0.05, 0) is 43.2 Å². The van der Waals surface area contributed by atoms with Crippen molar-refractivity contribution in [3.05, 3.63) is 69.7 Å². The van der Waals surface area contributed by atoms with E-state index < -0.39 is 0 Å². The van der Waals surface area contributed by atoms with E-state index in [1.165, 1.54) is 5.56 Å². The minimum absolute atomic E-state index is 0.257.